The number of carbonyl (C=O) groups excluding carboxylic acids is 1. The largest absolute Gasteiger partial charge is 0.490 e. The Morgan fingerprint density at radius 1 is 1.22 bits per heavy atom. The van der Waals surface area contributed by atoms with Crippen molar-refractivity contribution < 1.29 is 70.0 Å². The van der Waals surface area contributed by atoms with E-state index in [0.717, 1.165) is 12.1 Å². The molecule has 1 amide bonds. The van der Waals surface area contributed by atoms with Crippen molar-refractivity contribution in [1.29, 1.82) is 0 Å². The van der Waals surface area contributed by atoms with Gasteiger partial charge in [-0.05, 0) is 49.9 Å². The number of anilines is 2. The van der Waals surface area contributed by atoms with Crippen LogP contribution >= 0.6 is 0 Å². The van der Waals surface area contributed by atoms with Crippen molar-refractivity contribution in [2.75, 3.05) is 23.4 Å². The molecule has 2 unspecified atom stereocenters. The smallest absolute Gasteiger partial charge is 0.416 e. The summed E-state index contributed by atoms with van der Waals surface area (Å²) < 4.78 is 50.9. The third-order valence-electron chi connectivity index (χ3n) is 5.53. The number of rotatable bonds is 9. The summed E-state index contributed by atoms with van der Waals surface area (Å²) in [6.45, 7) is 3.87. The summed E-state index contributed by atoms with van der Waals surface area (Å²) in [5, 5.41) is 11.7. The molecule has 13 heteroatoms. The molecule has 9 nitrogen and oxygen atoms in total. The molecule has 36 heavy (non-hydrogen) atoms. The van der Waals surface area contributed by atoms with E-state index in [2.05, 4.69) is 15.3 Å². The molecule has 1 radical (unpaired) electrons. The molecule has 1 aromatic heterocycles. The van der Waals surface area contributed by atoms with Gasteiger partial charge >= 0.3 is 18.2 Å². The molecule has 1 aromatic carbocycles. The van der Waals surface area contributed by atoms with Crippen LogP contribution < -0.4 is 15.0 Å². The average Bonchev–Trinajstić information content (AvgIpc) is 2.81. The maximum Gasteiger partial charge on any atom is 0.416 e. The first-order valence-electron chi connectivity index (χ1n) is 11.2. The van der Waals surface area contributed by atoms with E-state index in [0.29, 0.717) is 30.7 Å². The molecule has 0 bridgehead atoms. The minimum atomic E-state index is -4.55. The van der Waals surface area contributed by atoms with Crippen LogP contribution in [0.3, 0.4) is 0 Å². The normalized spacial score (nSPS) is 17.0. The van der Waals surface area contributed by atoms with Gasteiger partial charge in [-0.2, -0.15) is 13.2 Å². The van der Waals surface area contributed by atoms with E-state index in [1.54, 1.807) is 6.92 Å². The van der Waals surface area contributed by atoms with Crippen LogP contribution in [0.2, 0.25) is 0 Å². The quantitative estimate of drug-likeness (QED) is 0.394. The van der Waals surface area contributed by atoms with Crippen molar-refractivity contribution in [3.63, 3.8) is 0 Å². The Morgan fingerprint density at radius 3 is 2.50 bits per heavy atom. The molecule has 0 fully saturated rings. The standard InChI is InChI=1S/C23H27F3N4O5.Y/c1-3-15-11-18(29-21-27-12-16(13-28-21)35-9-5-6-20(31)32)17-10-14(23(24,25)26)7-8-19(17)30(15)22(33)34-4-2;/h7-8,10,12-13,15,18H,3-6,9,11H2,1-2H3,(H,31,32)(H,27,28,29);. The van der Waals surface area contributed by atoms with Gasteiger partial charge in [0, 0.05) is 45.2 Å². The Kier molecular flexibility index (Phi) is 10.9. The van der Waals surface area contributed by atoms with Crippen molar-refractivity contribution in [2.24, 2.45) is 0 Å². The number of carboxylic acid groups (broad SMARTS) is 1. The molecular formula is C23H27F3N4O5Y. The zero-order valence-corrected chi connectivity index (χ0v) is 22.8. The first-order valence-corrected chi connectivity index (χ1v) is 11.2. The number of amides is 1. The topological polar surface area (TPSA) is 114 Å². The second-order valence-corrected chi connectivity index (χ2v) is 7.92. The predicted molar refractivity (Wildman–Crippen MR) is 120 cm³/mol. The van der Waals surface area contributed by atoms with Crippen molar-refractivity contribution in [2.45, 2.75) is 57.8 Å². The van der Waals surface area contributed by atoms with Crippen molar-refractivity contribution in [3.8, 4) is 5.75 Å². The molecule has 2 N–H and O–H groups in total. The number of aromatic nitrogens is 2. The van der Waals surface area contributed by atoms with Crippen LogP contribution in [0, 0.1) is 0 Å². The molecule has 0 saturated carbocycles. The number of hydrogen-bond donors (Lipinski definition) is 2. The molecule has 193 valence electrons. The first-order chi connectivity index (χ1) is 16.6. The number of nitrogens with zero attached hydrogens (tertiary/aromatic N) is 3. The van der Waals surface area contributed by atoms with Crippen LogP contribution in [0.25, 0.3) is 0 Å². The Morgan fingerprint density at radius 2 is 1.92 bits per heavy atom. The zero-order chi connectivity index (χ0) is 25.6. The maximum absolute atomic E-state index is 13.5. The summed E-state index contributed by atoms with van der Waals surface area (Å²) in [5.74, 6) is -0.405. The minimum Gasteiger partial charge on any atom is -0.490 e. The minimum absolute atomic E-state index is 0. The third-order valence-corrected chi connectivity index (χ3v) is 5.53. The summed E-state index contributed by atoms with van der Waals surface area (Å²) in [5.41, 5.74) is -0.201. The Bertz CT molecular complexity index is 1040. The van der Waals surface area contributed by atoms with Crippen LogP contribution in [0.15, 0.2) is 30.6 Å². The van der Waals surface area contributed by atoms with Gasteiger partial charge < -0.3 is 19.9 Å². The van der Waals surface area contributed by atoms with Crippen LogP contribution in [0.5, 0.6) is 5.75 Å². The fourth-order valence-corrected chi connectivity index (χ4v) is 3.89. The number of carbonyl (C=O) groups is 2. The third kappa shape index (κ3) is 7.52. The van der Waals surface area contributed by atoms with Gasteiger partial charge in [0.25, 0.3) is 0 Å². The molecule has 0 saturated heterocycles. The van der Waals surface area contributed by atoms with Gasteiger partial charge in [0.2, 0.25) is 5.95 Å². The van der Waals surface area contributed by atoms with Crippen molar-refractivity contribution in [3.05, 3.63) is 41.7 Å². The van der Waals surface area contributed by atoms with E-state index in [9.17, 15) is 22.8 Å². The Labute approximate surface area is 231 Å². The van der Waals surface area contributed by atoms with Crippen LogP contribution in [-0.4, -0.2) is 46.4 Å². The molecule has 2 heterocycles. The molecule has 1 aliphatic rings. The number of carboxylic acids is 1. The summed E-state index contributed by atoms with van der Waals surface area (Å²) in [7, 11) is 0. The number of hydrogen-bond acceptors (Lipinski definition) is 7. The number of aliphatic carboxylic acids is 1. The van der Waals surface area contributed by atoms with E-state index in [1.807, 2.05) is 6.92 Å². The van der Waals surface area contributed by atoms with Crippen LogP contribution in [0.1, 0.15) is 56.7 Å². The number of halogens is 3. The van der Waals surface area contributed by atoms with Gasteiger partial charge in [0.15, 0.2) is 5.75 Å². The van der Waals surface area contributed by atoms with Gasteiger partial charge in [-0.1, -0.05) is 6.92 Å². The molecule has 2 atom stereocenters. The summed E-state index contributed by atoms with van der Waals surface area (Å²) in [4.78, 5) is 33.0. The summed E-state index contributed by atoms with van der Waals surface area (Å²) >= 11 is 0. The van der Waals surface area contributed by atoms with Gasteiger partial charge in [0.05, 0.1) is 42.9 Å². The first kappa shape index (κ1) is 29.8. The van der Waals surface area contributed by atoms with E-state index in [-0.39, 0.29) is 69.9 Å². The number of alkyl halides is 3. The molecule has 3 rings (SSSR count). The van der Waals surface area contributed by atoms with E-state index < -0.39 is 29.8 Å². The Hall–Kier alpha value is -2.47. The second-order valence-electron chi connectivity index (χ2n) is 7.92. The Balaban J connectivity index is 0.00000456. The fraction of sp³-hybridized carbons (Fsp3) is 0.478. The van der Waals surface area contributed by atoms with Crippen molar-refractivity contribution in [1.82, 2.24) is 9.97 Å². The number of benzene rings is 1. The van der Waals surface area contributed by atoms with Gasteiger partial charge in [-0.3, -0.25) is 9.69 Å². The second kappa shape index (κ2) is 13.2. The SMILES string of the molecule is CCOC(=O)N1c2ccc(C(F)(F)F)cc2C(Nc2ncc(OCCCC(=O)O)cn2)CC1CC.[Y]. The molecule has 0 aliphatic carbocycles. The average molecular weight is 585 g/mol. The van der Waals surface area contributed by atoms with Crippen LogP contribution in [0.4, 0.5) is 29.6 Å². The van der Waals surface area contributed by atoms with Gasteiger partial charge in [-0.15, -0.1) is 0 Å². The van der Waals surface area contributed by atoms with Crippen LogP contribution in [-0.2, 0) is 48.4 Å². The fourth-order valence-electron chi connectivity index (χ4n) is 3.89. The maximum atomic E-state index is 13.5. The zero-order valence-electron chi connectivity index (χ0n) is 19.9. The van der Waals surface area contributed by atoms with E-state index in [1.165, 1.54) is 23.4 Å². The molecular weight excluding hydrogens is 558 g/mol. The van der Waals surface area contributed by atoms with Gasteiger partial charge in [-0.25, -0.2) is 14.8 Å². The van der Waals surface area contributed by atoms with E-state index in [4.69, 9.17) is 14.6 Å². The summed E-state index contributed by atoms with van der Waals surface area (Å²) in [6, 6.07) is 2.37. The molecule has 0 spiro atoms. The van der Waals surface area contributed by atoms with Crippen molar-refractivity contribution >= 4 is 23.7 Å². The monoisotopic (exact) mass is 585 g/mol. The molecule has 1 aliphatic heterocycles. The summed E-state index contributed by atoms with van der Waals surface area (Å²) in [6.07, 6.45) is -1.19. The number of nitrogens with one attached hydrogen (secondary N) is 1. The van der Waals surface area contributed by atoms with E-state index >= 15 is 0 Å². The molecule has 2 aromatic rings. The number of fused-ring (bicyclic) bond motifs is 1. The predicted octanol–water partition coefficient (Wildman–Crippen LogP) is 5.03. The van der Waals surface area contributed by atoms with Gasteiger partial charge in [0.1, 0.15) is 0 Å². The number of ether oxygens (including phenoxy) is 2.